The SMILES string of the molecule is Cc1cn(-c2ccc(Br)cc2)c(NC2CCCC2)n1. The maximum Gasteiger partial charge on any atom is 0.207 e. The molecule has 3 rings (SSSR count). The average molecular weight is 320 g/mol. The van der Waals surface area contributed by atoms with Crippen molar-refractivity contribution in [1.82, 2.24) is 9.55 Å². The minimum absolute atomic E-state index is 0.580. The van der Waals surface area contributed by atoms with Crippen molar-refractivity contribution >= 4 is 21.9 Å². The van der Waals surface area contributed by atoms with E-state index in [9.17, 15) is 0 Å². The van der Waals surface area contributed by atoms with Crippen LogP contribution in [0, 0.1) is 6.92 Å². The van der Waals surface area contributed by atoms with Crippen molar-refractivity contribution in [2.75, 3.05) is 5.32 Å². The highest BCUT2D eigenvalue weighted by molar-refractivity contribution is 9.10. The predicted molar refractivity (Wildman–Crippen MR) is 81.9 cm³/mol. The largest absolute Gasteiger partial charge is 0.353 e. The van der Waals surface area contributed by atoms with Gasteiger partial charge in [0.25, 0.3) is 0 Å². The lowest BCUT2D eigenvalue weighted by Crippen LogP contribution is -2.17. The zero-order valence-electron chi connectivity index (χ0n) is 11.1. The van der Waals surface area contributed by atoms with Crippen molar-refractivity contribution < 1.29 is 0 Å². The molecule has 2 aromatic rings. The van der Waals surface area contributed by atoms with E-state index in [0.29, 0.717) is 6.04 Å². The zero-order chi connectivity index (χ0) is 13.2. The second kappa shape index (κ2) is 5.37. The van der Waals surface area contributed by atoms with Crippen LogP contribution in [0.15, 0.2) is 34.9 Å². The van der Waals surface area contributed by atoms with Crippen molar-refractivity contribution in [3.05, 3.63) is 40.6 Å². The number of rotatable bonds is 3. The fraction of sp³-hybridized carbons (Fsp3) is 0.400. The molecule has 0 aliphatic heterocycles. The van der Waals surface area contributed by atoms with Gasteiger partial charge in [-0.05, 0) is 44.0 Å². The fourth-order valence-corrected chi connectivity index (χ4v) is 2.92. The van der Waals surface area contributed by atoms with E-state index < -0.39 is 0 Å². The summed E-state index contributed by atoms with van der Waals surface area (Å²) in [5.74, 6) is 0.965. The predicted octanol–water partition coefficient (Wildman–Crippen LogP) is 4.30. The Labute approximate surface area is 122 Å². The summed E-state index contributed by atoms with van der Waals surface area (Å²) in [5.41, 5.74) is 2.19. The van der Waals surface area contributed by atoms with Crippen molar-refractivity contribution in [2.24, 2.45) is 0 Å². The molecule has 19 heavy (non-hydrogen) atoms. The van der Waals surface area contributed by atoms with Gasteiger partial charge in [-0.25, -0.2) is 4.98 Å². The van der Waals surface area contributed by atoms with E-state index in [4.69, 9.17) is 0 Å². The Morgan fingerprint density at radius 2 is 1.89 bits per heavy atom. The van der Waals surface area contributed by atoms with E-state index in [1.807, 2.05) is 6.92 Å². The molecule has 4 heteroatoms. The van der Waals surface area contributed by atoms with Crippen molar-refractivity contribution in [2.45, 2.75) is 38.6 Å². The van der Waals surface area contributed by atoms with Crippen LogP contribution < -0.4 is 5.32 Å². The molecule has 0 unspecified atom stereocenters. The Morgan fingerprint density at radius 3 is 2.58 bits per heavy atom. The second-order valence-corrected chi connectivity index (χ2v) is 6.09. The number of hydrogen-bond donors (Lipinski definition) is 1. The van der Waals surface area contributed by atoms with Crippen LogP contribution >= 0.6 is 15.9 Å². The summed E-state index contributed by atoms with van der Waals surface area (Å²) in [6.45, 7) is 2.04. The summed E-state index contributed by atoms with van der Waals surface area (Å²) in [7, 11) is 0. The minimum atomic E-state index is 0.580. The van der Waals surface area contributed by atoms with Crippen LogP contribution in [0.3, 0.4) is 0 Å². The molecule has 1 aliphatic carbocycles. The smallest absolute Gasteiger partial charge is 0.207 e. The standard InChI is InChI=1S/C15H18BrN3/c1-11-10-19(14-8-6-12(16)7-9-14)15(17-11)18-13-4-2-3-5-13/h6-10,13H,2-5H2,1H3,(H,17,18). The Balaban J connectivity index is 1.89. The van der Waals surface area contributed by atoms with E-state index in [0.717, 1.165) is 21.8 Å². The van der Waals surface area contributed by atoms with Crippen molar-refractivity contribution in [3.63, 3.8) is 0 Å². The highest BCUT2D eigenvalue weighted by Gasteiger charge is 2.17. The molecule has 1 saturated carbocycles. The molecule has 1 aliphatic rings. The van der Waals surface area contributed by atoms with Crippen molar-refractivity contribution in [3.8, 4) is 5.69 Å². The van der Waals surface area contributed by atoms with E-state index in [-0.39, 0.29) is 0 Å². The van der Waals surface area contributed by atoms with Gasteiger partial charge in [0.15, 0.2) is 0 Å². The first-order valence-electron chi connectivity index (χ1n) is 6.81. The van der Waals surface area contributed by atoms with Crippen LogP contribution in [0.5, 0.6) is 0 Å². The summed E-state index contributed by atoms with van der Waals surface area (Å²) in [5, 5.41) is 3.58. The third-order valence-electron chi connectivity index (χ3n) is 3.62. The molecule has 3 nitrogen and oxygen atoms in total. The Bertz CT molecular complexity index is 553. The molecule has 0 amide bonds. The van der Waals surface area contributed by atoms with Gasteiger partial charge in [-0.2, -0.15) is 0 Å². The number of aryl methyl sites for hydroxylation is 1. The number of hydrogen-bond acceptors (Lipinski definition) is 2. The Kier molecular flexibility index (Phi) is 3.60. The highest BCUT2D eigenvalue weighted by Crippen LogP contribution is 2.24. The molecule has 0 radical (unpaired) electrons. The molecule has 1 fully saturated rings. The summed E-state index contributed by atoms with van der Waals surface area (Å²) >= 11 is 3.47. The van der Waals surface area contributed by atoms with Crippen LogP contribution in [-0.4, -0.2) is 15.6 Å². The molecule has 1 N–H and O–H groups in total. The Hall–Kier alpha value is -1.29. The van der Waals surface area contributed by atoms with E-state index >= 15 is 0 Å². The summed E-state index contributed by atoms with van der Waals surface area (Å²) in [6, 6.07) is 8.90. The number of halogens is 1. The van der Waals surface area contributed by atoms with Gasteiger partial charge in [-0.15, -0.1) is 0 Å². The highest BCUT2D eigenvalue weighted by atomic mass is 79.9. The fourth-order valence-electron chi connectivity index (χ4n) is 2.65. The molecule has 0 saturated heterocycles. The molecular formula is C15H18BrN3. The molecule has 1 heterocycles. The molecular weight excluding hydrogens is 302 g/mol. The van der Waals surface area contributed by atoms with Gasteiger partial charge >= 0.3 is 0 Å². The maximum absolute atomic E-state index is 4.61. The van der Waals surface area contributed by atoms with E-state index in [1.165, 1.54) is 25.7 Å². The van der Waals surface area contributed by atoms with Gasteiger partial charge in [-0.1, -0.05) is 28.8 Å². The van der Waals surface area contributed by atoms with Gasteiger partial charge in [-0.3, -0.25) is 4.57 Å². The lowest BCUT2D eigenvalue weighted by Gasteiger charge is -2.14. The molecule has 0 spiro atoms. The van der Waals surface area contributed by atoms with Crippen LogP contribution in [-0.2, 0) is 0 Å². The van der Waals surface area contributed by atoms with E-state index in [2.05, 4.69) is 61.3 Å². The van der Waals surface area contributed by atoms with Gasteiger partial charge in [0.1, 0.15) is 0 Å². The van der Waals surface area contributed by atoms with Crippen LogP contribution in [0.25, 0.3) is 5.69 Å². The number of benzene rings is 1. The average Bonchev–Trinajstić information content (AvgIpc) is 3.01. The second-order valence-electron chi connectivity index (χ2n) is 5.18. The first-order valence-corrected chi connectivity index (χ1v) is 7.60. The normalized spacial score (nSPS) is 15.9. The number of nitrogens with zero attached hydrogens (tertiary/aromatic N) is 2. The van der Waals surface area contributed by atoms with Crippen LogP contribution in [0.2, 0.25) is 0 Å². The molecule has 1 aromatic carbocycles. The number of anilines is 1. The van der Waals surface area contributed by atoms with Gasteiger partial charge in [0.05, 0.1) is 5.69 Å². The lowest BCUT2D eigenvalue weighted by atomic mass is 10.2. The first-order chi connectivity index (χ1) is 9.22. The molecule has 1 aromatic heterocycles. The summed E-state index contributed by atoms with van der Waals surface area (Å²) in [4.78, 5) is 4.61. The lowest BCUT2D eigenvalue weighted by molar-refractivity contribution is 0.740. The zero-order valence-corrected chi connectivity index (χ0v) is 12.7. The van der Waals surface area contributed by atoms with Crippen LogP contribution in [0.4, 0.5) is 5.95 Å². The number of aromatic nitrogens is 2. The van der Waals surface area contributed by atoms with Gasteiger partial charge < -0.3 is 5.32 Å². The quantitative estimate of drug-likeness (QED) is 0.914. The number of imidazole rings is 1. The molecule has 0 atom stereocenters. The molecule has 100 valence electrons. The van der Waals surface area contributed by atoms with Crippen LogP contribution in [0.1, 0.15) is 31.4 Å². The first kappa shape index (κ1) is 12.7. The topological polar surface area (TPSA) is 29.9 Å². The van der Waals surface area contributed by atoms with Gasteiger partial charge in [0, 0.05) is 22.4 Å². The maximum atomic E-state index is 4.61. The minimum Gasteiger partial charge on any atom is -0.353 e. The van der Waals surface area contributed by atoms with Gasteiger partial charge in [0.2, 0.25) is 5.95 Å². The van der Waals surface area contributed by atoms with E-state index in [1.54, 1.807) is 0 Å². The van der Waals surface area contributed by atoms with Crippen molar-refractivity contribution in [1.29, 1.82) is 0 Å². The number of nitrogens with one attached hydrogen (secondary N) is 1. The summed E-state index contributed by atoms with van der Waals surface area (Å²) < 4.78 is 3.23. The Morgan fingerprint density at radius 1 is 1.21 bits per heavy atom. The third kappa shape index (κ3) is 2.84. The molecule has 0 bridgehead atoms. The third-order valence-corrected chi connectivity index (χ3v) is 4.15. The summed E-state index contributed by atoms with van der Waals surface area (Å²) in [6.07, 6.45) is 7.25. The monoisotopic (exact) mass is 319 g/mol.